The van der Waals surface area contributed by atoms with Crippen LogP contribution in [0, 0.1) is 5.82 Å². The van der Waals surface area contributed by atoms with Crippen molar-refractivity contribution in [3.05, 3.63) is 48.0 Å². The molecule has 9 heteroatoms. The Hall–Kier alpha value is -3.10. The van der Waals surface area contributed by atoms with E-state index in [4.69, 9.17) is 0 Å². The van der Waals surface area contributed by atoms with Crippen molar-refractivity contribution in [1.82, 2.24) is 25.3 Å². The van der Waals surface area contributed by atoms with Crippen molar-refractivity contribution in [1.29, 1.82) is 0 Å². The number of halogens is 1. The lowest BCUT2D eigenvalue weighted by Crippen LogP contribution is -2.49. The highest BCUT2D eigenvalue weighted by Crippen LogP contribution is 2.17. The second-order valence-electron chi connectivity index (χ2n) is 7.16. The lowest BCUT2D eigenvalue weighted by molar-refractivity contribution is -0.131. The van der Waals surface area contributed by atoms with E-state index < -0.39 is 0 Å². The molecule has 0 saturated carbocycles. The van der Waals surface area contributed by atoms with E-state index in [0.717, 1.165) is 31.0 Å². The number of rotatable bonds is 7. The van der Waals surface area contributed by atoms with Crippen LogP contribution in [0.2, 0.25) is 0 Å². The Bertz CT molecular complexity index is 841. The number of amides is 1. The summed E-state index contributed by atoms with van der Waals surface area (Å²) >= 11 is 0. The van der Waals surface area contributed by atoms with Gasteiger partial charge in [0, 0.05) is 64.6 Å². The van der Waals surface area contributed by atoms with Gasteiger partial charge in [-0.25, -0.2) is 9.38 Å². The molecule has 1 aromatic carbocycles. The third-order valence-corrected chi connectivity index (χ3v) is 5.12. The average Bonchev–Trinajstić information content (AvgIpc) is 3.17. The molecular weight excluding hydrogens is 385 g/mol. The normalized spacial score (nSPS) is 14.7. The summed E-state index contributed by atoms with van der Waals surface area (Å²) < 4.78 is 14.9. The van der Waals surface area contributed by atoms with Crippen molar-refractivity contribution in [3.63, 3.8) is 0 Å². The predicted octanol–water partition coefficient (Wildman–Crippen LogP) is 1.35. The van der Waals surface area contributed by atoms with Crippen LogP contribution in [0.4, 0.5) is 10.1 Å². The summed E-state index contributed by atoms with van der Waals surface area (Å²) in [5.74, 6) is 0.581. The van der Waals surface area contributed by atoms with Crippen LogP contribution in [0.5, 0.6) is 0 Å². The van der Waals surface area contributed by atoms with Gasteiger partial charge in [-0.1, -0.05) is 0 Å². The largest absolute Gasteiger partial charge is 0.368 e. The van der Waals surface area contributed by atoms with Crippen molar-refractivity contribution in [2.75, 3.05) is 44.2 Å². The van der Waals surface area contributed by atoms with Gasteiger partial charge in [-0.2, -0.15) is 5.10 Å². The lowest BCUT2D eigenvalue weighted by atomic mass is 10.2. The third kappa shape index (κ3) is 5.95. The smallest absolute Gasteiger partial charge is 0.224 e. The predicted molar refractivity (Wildman–Crippen MR) is 116 cm³/mol. The fourth-order valence-electron chi connectivity index (χ4n) is 3.37. The molecule has 0 unspecified atom stereocenters. The minimum atomic E-state index is -0.235. The first-order valence-corrected chi connectivity index (χ1v) is 10.3. The standard InChI is InChI=1S/C21H30FN7O/c1-3-23-21(25-16-19-8-11-26-27(19)2)24-10-9-20(30)29-14-12-28(13-15-29)18-6-4-17(22)5-7-18/h4-8,11H,3,9-10,12-16H2,1-2H3,(H2,23,24,25). The lowest BCUT2D eigenvalue weighted by Gasteiger charge is -2.36. The monoisotopic (exact) mass is 415 g/mol. The number of aryl methyl sites for hydroxylation is 1. The van der Waals surface area contributed by atoms with Crippen LogP contribution in [0.1, 0.15) is 19.0 Å². The van der Waals surface area contributed by atoms with Gasteiger partial charge in [0.25, 0.3) is 0 Å². The summed E-state index contributed by atoms with van der Waals surface area (Å²) in [6.07, 6.45) is 2.16. The molecule has 1 aliphatic heterocycles. The van der Waals surface area contributed by atoms with Crippen LogP contribution in [0.25, 0.3) is 0 Å². The highest BCUT2D eigenvalue weighted by atomic mass is 19.1. The van der Waals surface area contributed by atoms with Gasteiger partial charge in [0.15, 0.2) is 5.96 Å². The Kier molecular flexibility index (Phi) is 7.64. The summed E-state index contributed by atoms with van der Waals surface area (Å²) in [5.41, 5.74) is 2.01. The second kappa shape index (κ2) is 10.6. The molecule has 0 atom stereocenters. The molecule has 0 bridgehead atoms. The number of hydrogen-bond donors (Lipinski definition) is 2. The van der Waals surface area contributed by atoms with Gasteiger partial charge < -0.3 is 20.4 Å². The van der Waals surface area contributed by atoms with Gasteiger partial charge in [0.05, 0.1) is 12.2 Å². The molecule has 0 radical (unpaired) electrons. The fourth-order valence-corrected chi connectivity index (χ4v) is 3.37. The van der Waals surface area contributed by atoms with Gasteiger partial charge in [0.2, 0.25) is 5.91 Å². The Morgan fingerprint density at radius 2 is 1.87 bits per heavy atom. The summed E-state index contributed by atoms with van der Waals surface area (Å²) in [7, 11) is 1.89. The number of carbonyl (C=O) groups excluding carboxylic acids is 1. The summed E-state index contributed by atoms with van der Waals surface area (Å²) in [6.45, 7) is 6.64. The number of aromatic nitrogens is 2. The Morgan fingerprint density at radius 1 is 1.13 bits per heavy atom. The quantitative estimate of drug-likeness (QED) is 0.527. The van der Waals surface area contributed by atoms with E-state index >= 15 is 0 Å². The summed E-state index contributed by atoms with van der Waals surface area (Å²) in [4.78, 5) is 21.2. The van der Waals surface area contributed by atoms with Crippen molar-refractivity contribution in [2.24, 2.45) is 12.0 Å². The molecule has 162 valence electrons. The van der Waals surface area contributed by atoms with Crippen molar-refractivity contribution in [3.8, 4) is 0 Å². The minimum absolute atomic E-state index is 0.128. The van der Waals surface area contributed by atoms with Gasteiger partial charge in [-0.05, 0) is 37.3 Å². The molecule has 0 aliphatic carbocycles. The van der Waals surface area contributed by atoms with E-state index in [2.05, 4.69) is 25.6 Å². The minimum Gasteiger partial charge on any atom is -0.368 e. The first-order chi connectivity index (χ1) is 14.6. The average molecular weight is 416 g/mol. The van der Waals surface area contributed by atoms with E-state index in [0.29, 0.717) is 38.6 Å². The molecule has 8 nitrogen and oxygen atoms in total. The molecule has 2 N–H and O–H groups in total. The van der Waals surface area contributed by atoms with E-state index in [1.807, 2.05) is 24.9 Å². The molecule has 1 aliphatic rings. The number of benzene rings is 1. The molecule has 1 amide bonds. The van der Waals surface area contributed by atoms with Crippen LogP contribution in [-0.2, 0) is 18.4 Å². The zero-order chi connectivity index (χ0) is 21.3. The molecule has 2 heterocycles. The van der Waals surface area contributed by atoms with Crippen LogP contribution in [0.15, 0.2) is 41.5 Å². The summed E-state index contributed by atoms with van der Waals surface area (Å²) in [5, 5.41) is 10.6. The molecule has 0 spiro atoms. The number of guanidine groups is 1. The fraction of sp³-hybridized carbons (Fsp3) is 0.476. The topological polar surface area (TPSA) is 77.8 Å². The van der Waals surface area contributed by atoms with E-state index in [1.54, 1.807) is 23.0 Å². The van der Waals surface area contributed by atoms with Crippen molar-refractivity contribution in [2.45, 2.75) is 19.9 Å². The summed E-state index contributed by atoms with van der Waals surface area (Å²) in [6, 6.07) is 8.43. The van der Waals surface area contributed by atoms with Crippen LogP contribution >= 0.6 is 0 Å². The van der Waals surface area contributed by atoms with Crippen LogP contribution < -0.4 is 15.5 Å². The SMILES string of the molecule is CCNC(=NCc1ccnn1C)NCCC(=O)N1CCN(c2ccc(F)cc2)CC1. The number of nitrogens with zero attached hydrogens (tertiary/aromatic N) is 5. The van der Waals surface area contributed by atoms with E-state index in [1.165, 1.54) is 12.1 Å². The zero-order valence-electron chi connectivity index (χ0n) is 17.6. The highest BCUT2D eigenvalue weighted by Gasteiger charge is 2.21. The van der Waals surface area contributed by atoms with E-state index in [-0.39, 0.29) is 11.7 Å². The van der Waals surface area contributed by atoms with Gasteiger partial charge >= 0.3 is 0 Å². The molecule has 3 rings (SSSR count). The second-order valence-corrected chi connectivity index (χ2v) is 7.16. The Labute approximate surface area is 176 Å². The van der Waals surface area contributed by atoms with Gasteiger partial charge in [-0.15, -0.1) is 0 Å². The number of piperazine rings is 1. The first kappa shape index (κ1) is 21.6. The maximum absolute atomic E-state index is 13.1. The van der Waals surface area contributed by atoms with Crippen molar-refractivity contribution < 1.29 is 9.18 Å². The maximum atomic E-state index is 13.1. The Balaban J connectivity index is 1.42. The molecule has 1 aromatic heterocycles. The van der Waals surface area contributed by atoms with Gasteiger partial charge in [0.1, 0.15) is 5.82 Å². The number of anilines is 1. The molecule has 1 saturated heterocycles. The number of carbonyl (C=O) groups is 1. The highest BCUT2D eigenvalue weighted by molar-refractivity contribution is 5.81. The third-order valence-electron chi connectivity index (χ3n) is 5.12. The molecule has 2 aromatic rings. The maximum Gasteiger partial charge on any atom is 0.224 e. The molecule has 30 heavy (non-hydrogen) atoms. The van der Waals surface area contributed by atoms with Crippen LogP contribution in [0.3, 0.4) is 0 Å². The zero-order valence-corrected chi connectivity index (χ0v) is 17.6. The van der Waals surface area contributed by atoms with Gasteiger partial charge in [-0.3, -0.25) is 9.48 Å². The number of nitrogens with one attached hydrogen (secondary N) is 2. The number of hydrogen-bond acceptors (Lipinski definition) is 4. The molecular formula is C21H30FN7O. The van der Waals surface area contributed by atoms with Crippen molar-refractivity contribution >= 4 is 17.6 Å². The first-order valence-electron chi connectivity index (χ1n) is 10.3. The van der Waals surface area contributed by atoms with E-state index in [9.17, 15) is 9.18 Å². The molecule has 1 fully saturated rings. The number of aliphatic imine (C=N–C) groups is 1. The Morgan fingerprint density at radius 3 is 2.50 bits per heavy atom. The van der Waals surface area contributed by atoms with Crippen LogP contribution in [-0.4, -0.2) is 65.8 Å².